The van der Waals surface area contributed by atoms with E-state index in [9.17, 15) is 9.36 Å². The molecule has 2 fully saturated rings. The zero-order valence-corrected chi connectivity index (χ0v) is 28.3. The molecule has 0 unspecified atom stereocenters. The lowest BCUT2D eigenvalue weighted by Gasteiger charge is -2.49. The summed E-state index contributed by atoms with van der Waals surface area (Å²) in [5.74, 6) is 1.85. The molecular formula is C31H41ClN7O3PS. The second-order valence-electron chi connectivity index (χ2n) is 12.0. The van der Waals surface area contributed by atoms with Gasteiger partial charge in [0.05, 0.1) is 23.6 Å². The van der Waals surface area contributed by atoms with E-state index in [2.05, 4.69) is 43.4 Å². The van der Waals surface area contributed by atoms with E-state index in [-0.39, 0.29) is 19.4 Å². The van der Waals surface area contributed by atoms with E-state index in [4.69, 9.17) is 16.3 Å². The highest BCUT2D eigenvalue weighted by Crippen LogP contribution is 2.42. The van der Waals surface area contributed by atoms with Crippen LogP contribution in [-0.4, -0.2) is 90.4 Å². The Morgan fingerprint density at radius 1 is 1.07 bits per heavy atom. The lowest BCUT2D eigenvalue weighted by atomic mass is 9.99. The SMILES string of the molecule is CC(=O)N1CCC(N2CCN3c4c(C)cc(Nc5ncc(Cl)c(Nc6ccccc6P(C)(C)=O)n5)cc4OC[C@@H]3C2)CC1.S. The molecule has 2 aromatic carbocycles. The fourth-order valence-electron chi connectivity index (χ4n) is 6.50. The van der Waals surface area contributed by atoms with Crippen molar-refractivity contribution in [2.75, 3.05) is 68.2 Å². The molecule has 1 atom stereocenters. The molecule has 2 saturated heterocycles. The predicted molar refractivity (Wildman–Crippen MR) is 184 cm³/mol. The molecule has 1 amide bonds. The van der Waals surface area contributed by atoms with Gasteiger partial charge in [-0.25, -0.2) is 4.98 Å². The second kappa shape index (κ2) is 13.2. The van der Waals surface area contributed by atoms with Gasteiger partial charge in [-0.15, -0.1) is 0 Å². The van der Waals surface area contributed by atoms with Crippen LogP contribution in [0.5, 0.6) is 5.75 Å². The van der Waals surface area contributed by atoms with Crippen LogP contribution in [0, 0.1) is 6.92 Å². The summed E-state index contributed by atoms with van der Waals surface area (Å²) >= 11 is 6.45. The van der Waals surface area contributed by atoms with Crippen molar-refractivity contribution in [1.29, 1.82) is 0 Å². The summed E-state index contributed by atoms with van der Waals surface area (Å²) in [7, 11) is -2.52. The third-order valence-electron chi connectivity index (χ3n) is 8.66. The van der Waals surface area contributed by atoms with Crippen LogP contribution in [0.3, 0.4) is 0 Å². The van der Waals surface area contributed by atoms with Crippen molar-refractivity contribution in [2.45, 2.75) is 38.8 Å². The summed E-state index contributed by atoms with van der Waals surface area (Å²) < 4.78 is 19.2. The fraction of sp³-hybridized carbons (Fsp3) is 0.452. The Morgan fingerprint density at radius 3 is 2.55 bits per heavy atom. The van der Waals surface area contributed by atoms with Gasteiger partial charge >= 0.3 is 0 Å². The number of fused-ring (bicyclic) bond motifs is 3. The third kappa shape index (κ3) is 6.81. The number of anilines is 5. The van der Waals surface area contributed by atoms with Crippen molar-refractivity contribution in [3.05, 3.63) is 53.2 Å². The van der Waals surface area contributed by atoms with Crippen LogP contribution in [0.2, 0.25) is 5.02 Å². The van der Waals surface area contributed by atoms with Gasteiger partial charge in [-0.1, -0.05) is 23.7 Å². The number of aromatic nitrogens is 2. The van der Waals surface area contributed by atoms with E-state index < -0.39 is 7.14 Å². The van der Waals surface area contributed by atoms with Gasteiger partial charge in [0, 0.05) is 62.7 Å². The van der Waals surface area contributed by atoms with Crippen LogP contribution in [0.15, 0.2) is 42.6 Å². The van der Waals surface area contributed by atoms with Gasteiger partial charge in [0.15, 0.2) is 5.82 Å². The van der Waals surface area contributed by atoms with Gasteiger partial charge in [-0.3, -0.25) is 9.69 Å². The van der Waals surface area contributed by atoms with Crippen molar-refractivity contribution < 1.29 is 14.1 Å². The van der Waals surface area contributed by atoms with Crippen LogP contribution >= 0.6 is 32.2 Å². The lowest BCUT2D eigenvalue weighted by Crippen LogP contribution is -2.60. The monoisotopic (exact) mass is 657 g/mol. The molecule has 0 saturated carbocycles. The molecule has 3 aliphatic rings. The summed E-state index contributed by atoms with van der Waals surface area (Å²) in [5.41, 5.74) is 3.80. The standard InChI is InChI=1S/C31H39ClN7O3P.H2S/c1-20-15-22(34-31-33-17-25(32)30(36-31)35-26-7-5-6-8-28(26)43(3,4)41)16-27-29(20)39-14-13-38(18-24(39)19-42-27)23-9-11-37(12-10-23)21(2)40;/h5-8,15-17,23-24H,9-14,18-19H2,1-4H3,(H2,33,34,35,36);1H2/t24-;/m0./s1. The minimum Gasteiger partial charge on any atom is -0.489 e. The Labute approximate surface area is 271 Å². The number of piperazine rings is 1. The molecule has 0 spiro atoms. The Bertz CT molecular complexity index is 1580. The molecule has 0 aliphatic carbocycles. The Balaban J connectivity index is 0.00000384. The van der Waals surface area contributed by atoms with Crippen LogP contribution in [0.25, 0.3) is 0 Å². The summed E-state index contributed by atoms with van der Waals surface area (Å²) in [6.45, 7) is 12.5. The molecule has 4 heterocycles. The zero-order chi connectivity index (χ0) is 30.3. The lowest BCUT2D eigenvalue weighted by molar-refractivity contribution is -0.130. The van der Waals surface area contributed by atoms with Gasteiger partial charge in [0.2, 0.25) is 11.9 Å². The van der Waals surface area contributed by atoms with Crippen molar-refractivity contribution in [3.63, 3.8) is 0 Å². The molecule has 44 heavy (non-hydrogen) atoms. The number of carbonyl (C=O) groups is 1. The van der Waals surface area contributed by atoms with Crippen molar-refractivity contribution in [3.8, 4) is 5.75 Å². The van der Waals surface area contributed by atoms with Crippen LogP contribution in [0.4, 0.5) is 28.8 Å². The minimum absolute atomic E-state index is 0. The van der Waals surface area contributed by atoms with Crippen molar-refractivity contribution in [1.82, 2.24) is 19.8 Å². The number of hydrogen-bond acceptors (Lipinski definition) is 9. The number of benzene rings is 2. The number of para-hydroxylation sites is 1. The molecule has 2 N–H and O–H groups in total. The molecular weight excluding hydrogens is 617 g/mol. The number of likely N-dealkylation sites (tertiary alicyclic amines) is 1. The number of piperidine rings is 1. The number of hydrogen-bond donors (Lipinski definition) is 2. The van der Waals surface area contributed by atoms with E-state index in [0.717, 1.165) is 73.6 Å². The maximum Gasteiger partial charge on any atom is 0.229 e. The fourth-order valence-corrected chi connectivity index (χ4v) is 7.79. The highest BCUT2D eigenvalue weighted by molar-refractivity contribution is 7.70. The van der Waals surface area contributed by atoms with E-state index in [0.29, 0.717) is 41.2 Å². The largest absolute Gasteiger partial charge is 0.489 e. The van der Waals surface area contributed by atoms with Crippen LogP contribution in [0.1, 0.15) is 25.3 Å². The number of nitrogens with zero attached hydrogens (tertiary/aromatic N) is 5. The first-order valence-electron chi connectivity index (χ1n) is 14.8. The molecule has 236 valence electrons. The maximum atomic E-state index is 12.8. The number of rotatable bonds is 6. The van der Waals surface area contributed by atoms with E-state index >= 15 is 0 Å². The second-order valence-corrected chi connectivity index (χ2v) is 15.6. The van der Waals surface area contributed by atoms with Gasteiger partial charge in [0.1, 0.15) is 24.5 Å². The van der Waals surface area contributed by atoms with Crippen molar-refractivity contribution in [2.24, 2.45) is 0 Å². The number of halogens is 1. The Kier molecular flexibility index (Phi) is 9.70. The molecule has 3 aromatic rings. The highest BCUT2D eigenvalue weighted by Gasteiger charge is 2.37. The Hall–Kier alpha value is -2.98. The van der Waals surface area contributed by atoms with Gasteiger partial charge in [-0.2, -0.15) is 18.5 Å². The smallest absolute Gasteiger partial charge is 0.229 e. The molecule has 13 heteroatoms. The van der Waals surface area contributed by atoms with Crippen LogP contribution in [-0.2, 0) is 9.36 Å². The molecule has 3 aliphatic heterocycles. The molecule has 1 aromatic heterocycles. The van der Waals surface area contributed by atoms with E-state index in [1.165, 1.54) is 0 Å². The first-order valence-corrected chi connectivity index (χ1v) is 17.8. The maximum absolute atomic E-state index is 12.8. The number of aryl methyl sites for hydroxylation is 1. The summed E-state index contributed by atoms with van der Waals surface area (Å²) in [6, 6.07) is 12.4. The summed E-state index contributed by atoms with van der Waals surface area (Å²) in [5, 5.41) is 7.67. The molecule has 6 rings (SSSR count). The highest BCUT2D eigenvalue weighted by atomic mass is 35.5. The first kappa shape index (κ1) is 32.4. The third-order valence-corrected chi connectivity index (χ3v) is 10.5. The molecule has 0 radical (unpaired) electrons. The average molecular weight is 658 g/mol. The quantitative estimate of drug-likeness (QED) is 0.347. The normalized spacial score (nSPS) is 18.9. The number of carbonyl (C=O) groups excluding carboxylic acids is 1. The Morgan fingerprint density at radius 2 is 1.82 bits per heavy atom. The number of nitrogens with one attached hydrogen (secondary N) is 2. The van der Waals surface area contributed by atoms with Crippen LogP contribution < -0.4 is 25.6 Å². The predicted octanol–water partition coefficient (Wildman–Crippen LogP) is 5.18. The number of ether oxygens (including phenoxy) is 1. The van der Waals surface area contributed by atoms with Gasteiger partial charge in [0.25, 0.3) is 0 Å². The van der Waals surface area contributed by atoms with E-state index in [1.807, 2.05) is 35.2 Å². The topological polar surface area (TPSA) is 103 Å². The average Bonchev–Trinajstić information content (AvgIpc) is 2.98. The minimum atomic E-state index is -2.52. The molecule has 10 nitrogen and oxygen atoms in total. The van der Waals surface area contributed by atoms with E-state index in [1.54, 1.807) is 26.5 Å². The zero-order valence-electron chi connectivity index (χ0n) is 25.6. The summed E-state index contributed by atoms with van der Waals surface area (Å²) in [4.78, 5) is 27.8. The van der Waals surface area contributed by atoms with Gasteiger partial charge in [-0.05, 0) is 56.9 Å². The molecule has 0 bridgehead atoms. The van der Waals surface area contributed by atoms with Gasteiger partial charge < -0.3 is 29.7 Å². The summed E-state index contributed by atoms with van der Waals surface area (Å²) in [6.07, 6.45) is 3.62. The first-order chi connectivity index (χ1) is 20.6. The van der Waals surface area contributed by atoms with Crippen molar-refractivity contribution >= 4 is 72.3 Å². The number of amides is 1.